The summed E-state index contributed by atoms with van der Waals surface area (Å²) in [6.45, 7) is 1.93. The minimum absolute atomic E-state index is 0.841. The smallest absolute Gasteiger partial charge is 0.0416 e. The molecule has 0 unspecified atom stereocenters. The minimum Gasteiger partial charge on any atom is -0.312 e. The first-order valence-electron chi connectivity index (χ1n) is 7.11. The van der Waals surface area contributed by atoms with Crippen molar-refractivity contribution < 1.29 is 0 Å². The zero-order chi connectivity index (χ0) is 12.9. The molecule has 1 aliphatic rings. The van der Waals surface area contributed by atoms with Gasteiger partial charge in [0.25, 0.3) is 0 Å². The van der Waals surface area contributed by atoms with Crippen LogP contribution >= 0.6 is 0 Å². The van der Waals surface area contributed by atoms with E-state index in [2.05, 4.69) is 40.6 Å². The first-order valence-corrected chi connectivity index (χ1v) is 7.11. The van der Waals surface area contributed by atoms with Crippen molar-refractivity contribution in [1.29, 1.82) is 0 Å². The number of nitrogens with one attached hydrogen (secondary N) is 1. The van der Waals surface area contributed by atoms with E-state index in [9.17, 15) is 0 Å². The molecule has 0 spiro atoms. The molecule has 2 nitrogen and oxygen atoms in total. The Balaban J connectivity index is 1.46. The van der Waals surface area contributed by atoms with E-state index in [-0.39, 0.29) is 0 Å². The van der Waals surface area contributed by atoms with Crippen LogP contribution in [-0.2, 0) is 13.0 Å². The van der Waals surface area contributed by atoms with Gasteiger partial charge in [0.1, 0.15) is 0 Å². The third-order valence-corrected chi connectivity index (χ3v) is 3.61. The molecule has 1 aromatic carbocycles. The Bertz CT molecular complexity index is 518. The molecule has 1 aromatic heterocycles. The molecule has 0 amide bonds. The highest BCUT2D eigenvalue weighted by molar-refractivity contribution is 5.29. The largest absolute Gasteiger partial charge is 0.312 e. The predicted molar refractivity (Wildman–Crippen MR) is 78.1 cm³/mol. The fourth-order valence-corrected chi connectivity index (χ4v) is 2.37. The summed E-state index contributed by atoms with van der Waals surface area (Å²) in [6.07, 6.45) is 5.59. The van der Waals surface area contributed by atoms with Gasteiger partial charge in [-0.3, -0.25) is 4.98 Å². The van der Waals surface area contributed by atoms with Gasteiger partial charge in [0, 0.05) is 31.4 Å². The summed E-state index contributed by atoms with van der Waals surface area (Å²) < 4.78 is 0. The quantitative estimate of drug-likeness (QED) is 0.798. The lowest BCUT2D eigenvalue weighted by Crippen LogP contribution is -2.17. The normalized spacial score (nSPS) is 14.5. The van der Waals surface area contributed by atoms with Gasteiger partial charge < -0.3 is 5.32 Å². The van der Waals surface area contributed by atoms with Crippen molar-refractivity contribution >= 4 is 0 Å². The number of rotatable bonds is 6. The fourth-order valence-electron chi connectivity index (χ4n) is 2.37. The SMILES string of the molecule is c1ccc(CCNCc2cccc(C3CC3)c2)nc1. The summed E-state index contributed by atoms with van der Waals surface area (Å²) in [5.74, 6) is 0.841. The molecule has 2 aromatic rings. The molecule has 1 fully saturated rings. The highest BCUT2D eigenvalue weighted by Crippen LogP contribution is 2.40. The van der Waals surface area contributed by atoms with Crippen LogP contribution in [0.1, 0.15) is 35.6 Å². The van der Waals surface area contributed by atoms with Crippen molar-refractivity contribution in [2.24, 2.45) is 0 Å². The number of hydrogen-bond donors (Lipinski definition) is 1. The van der Waals surface area contributed by atoms with Crippen LogP contribution in [0.15, 0.2) is 48.7 Å². The van der Waals surface area contributed by atoms with Gasteiger partial charge in [-0.05, 0) is 42.0 Å². The van der Waals surface area contributed by atoms with Gasteiger partial charge >= 0.3 is 0 Å². The van der Waals surface area contributed by atoms with Crippen molar-refractivity contribution in [1.82, 2.24) is 10.3 Å². The zero-order valence-corrected chi connectivity index (χ0v) is 11.2. The van der Waals surface area contributed by atoms with E-state index in [1.54, 1.807) is 0 Å². The fraction of sp³-hybridized carbons (Fsp3) is 0.353. The van der Waals surface area contributed by atoms with Crippen LogP contribution in [0.4, 0.5) is 0 Å². The Morgan fingerprint density at radius 1 is 1.11 bits per heavy atom. The second kappa shape index (κ2) is 5.98. The third kappa shape index (κ3) is 3.65. The maximum Gasteiger partial charge on any atom is 0.0416 e. The molecule has 98 valence electrons. The Labute approximate surface area is 114 Å². The Hall–Kier alpha value is -1.67. The highest BCUT2D eigenvalue weighted by Gasteiger charge is 2.23. The lowest BCUT2D eigenvalue weighted by molar-refractivity contribution is 0.679. The first kappa shape index (κ1) is 12.4. The molecule has 0 aliphatic heterocycles. The third-order valence-electron chi connectivity index (χ3n) is 3.61. The summed E-state index contributed by atoms with van der Waals surface area (Å²) in [7, 11) is 0. The average molecular weight is 252 g/mol. The summed E-state index contributed by atoms with van der Waals surface area (Å²) in [5, 5.41) is 3.50. The Morgan fingerprint density at radius 3 is 2.84 bits per heavy atom. The summed E-state index contributed by atoms with van der Waals surface area (Å²) in [4.78, 5) is 4.33. The van der Waals surface area contributed by atoms with E-state index in [1.807, 2.05) is 18.3 Å². The molecular formula is C17H20N2. The van der Waals surface area contributed by atoms with Gasteiger partial charge in [-0.15, -0.1) is 0 Å². The predicted octanol–water partition coefficient (Wildman–Crippen LogP) is 3.29. The molecule has 2 heteroatoms. The lowest BCUT2D eigenvalue weighted by Gasteiger charge is -2.06. The van der Waals surface area contributed by atoms with Gasteiger partial charge in [0.2, 0.25) is 0 Å². The monoisotopic (exact) mass is 252 g/mol. The van der Waals surface area contributed by atoms with Crippen molar-refractivity contribution in [3.8, 4) is 0 Å². The molecule has 0 atom stereocenters. The summed E-state index contributed by atoms with van der Waals surface area (Å²) in [6, 6.07) is 15.1. The maximum atomic E-state index is 4.33. The van der Waals surface area contributed by atoms with Crippen LogP contribution in [0.5, 0.6) is 0 Å². The molecule has 0 bridgehead atoms. The highest BCUT2D eigenvalue weighted by atomic mass is 14.8. The zero-order valence-electron chi connectivity index (χ0n) is 11.2. The summed E-state index contributed by atoms with van der Waals surface area (Å²) >= 11 is 0. The van der Waals surface area contributed by atoms with Gasteiger partial charge in [-0.1, -0.05) is 30.3 Å². The standard InChI is InChI=1S/C17H20N2/c1-2-10-19-17(6-1)9-11-18-13-14-4-3-5-16(12-14)15-7-8-15/h1-6,10,12,15,18H,7-9,11,13H2. The lowest BCUT2D eigenvalue weighted by atomic mass is 10.1. The molecule has 3 rings (SSSR count). The number of nitrogens with zero attached hydrogens (tertiary/aromatic N) is 1. The van der Waals surface area contributed by atoms with E-state index >= 15 is 0 Å². The van der Waals surface area contributed by atoms with Crippen LogP contribution in [0, 0.1) is 0 Å². The Kier molecular flexibility index (Phi) is 3.89. The first-order chi connectivity index (χ1) is 9.42. The summed E-state index contributed by atoms with van der Waals surface area (Å²) in [5.41, 5.74) is 4.07. The molecule has 0 saturated heterocycles. The van der Waals surface area contributed by atoms with Crippen LogP contribution in [0.2, 0.25) is 0 Å². The van der Waals surface area contributed by atoms with Crippen molar-refractivity contribution in [3.05, 3.63) is 65.5 Å². The molecule has 19 heavy (non-hydrogen) atoms. The van der Waals surface area contributed by atoms with E-state index < -0.39 is 0 Å². The number of hydrogen-bond acceptors (Lipinski definition) is 2. The molecule has 0 radical (unpaired) electrons. The maximum absolute atomic E-state index is 4.33. The number of aromatic nitrogens is 1. The van der Waals surface area contributed by atoms with Gasteiger partial charge in [-0.25, -0.2) is 0 Å². The van der Waals surface area contributed by atoms with E-state index in [0.717, 1.165) is 31.1 Å². The van der Waals surface area contributed by atoms with Gasteiger partial charge in [0.15, 0.2) is 0 Å². The van der Waals surface area contributed by atoms with Crippen LogP contribution in [0.25, 0.3) is 0 Å². The van der Waals surface area contributed by atoms with Gasteiger partial charge in [0.05, 0.1) is 0 Å². The van der Waals surface area contributed by atoms with Crippen LogP contribution < -0.4 is 5.32 Å². The molecule has 1 saturated carbocycles. The van der Waals surface area contributed by atoms with Gasteiger partial charge in [-0.2, -0.15) is 0 Å². The minimum atomic E-state index is 0.841. The van der Waals surface area contributed by atoms with Crippen molar-refractivity contribution in [2.45, 2.75) is 31.7 Å². The second-order valence-corrected chi connectivity index (χ2v) is 5.27. The van der Waals surface area contributed by atoms with E-state index in [4.69, 9.17) is 0 Å². The van der Waals surface area contributed by atoms with Crippen molar-refractivity contribution in [3.63, 3.8) is 0 Å². The van der Waals surface area contributed by atoms with E-state index in [0.29, 0.717) is 0 Å². The molecular weight excluding hydrogens is 232 g/mol. The molecule has 1 aliphatic carbocycles. The second-order valence-electron chi connectivity index (χ2n) is 5.27. The topological polar surface area (TPSA) is 24.9 Å². The van der Waals surface area contributed by atoms with E-state index in [1.165, 1.54) is 24.0 Å². The number of benzene rings is 1. The molecule has 1 heterocycles. The number of pyridine rings is 1. The van der Waals surface area contributed by atoms with Crippen LogP contribution in [-0.4, -0.2) is 11.5 Å². The Morgan fingerprint density at radius 2 is 2.05 bits per heavy atom. The molecule has 1 N–H and O–H groups in total. The average Bonchev–Trinajstić information content (AvgIpc) is 3.30. The van der Waals surface area contributed by atoms with Crippen LogP contribution in [0.3, 0.4) is 0 Å². The van der Waals surface area contributed by atoms with Crippen molar-refractivity contribution in [2.75, 3.05) is 6.54 Å².